The number of hydrogen-bond acceptors (Lipinski definition) is 0. The lowest BCUT2D eigenvalue weighted by molar-refractivity contribution is 0.845. The minimum absolute atomic E-state index is 0.0392. The first-order valence-corrected chi connectivity index (χ1v) is 25.2. The molecule has 330 valence electrons. The van der Waals surface area contributed by atoms with E-state index < -0.39 is 0 Å². The van der Waals surface area contributed by atoms with Crippen LogP contribution in [0.2, 0.25) is 0 Å². The third-order valence-corrected chi connectivity index (χ3v) is 15.8. The predicted octanol–water partition coefficient (Wildman–Crippen LogP) is 12.9. The van der Waals surface area contributed by atoms with Crippen molar-refractivity contribution in [1.29, 1.82) is 0 Å². The normalized spacial score (nSPS) is 13.5. The van der Waals surface area contributed by atoms with E-state index in [4.69, 9.17) is 0 Å². The van der Waals surface area contributed by atoms with Gasteiger partial charge in [0.15, 0.2) is 0 Å². The molecule has 0 N–H and O–H groups in total. The zero-order chi connectivity index (χ0) is 46.4. The minimum atomic E-state index is 0.0392. The molecule has 0 unspecified atom stereocenters. The molecule has 0 bridgehead atoms. The van der Waals surface area contributed by atoms with Crippen LogP contribution in [-0.2, 0) is 0 Å². The van der Waals surface area contributed by atoms with Crippen molar-refractivity contribution < 1.29 is 0 Å². The molecular weight excluding hydrogens is 794 g/mol. The molecule has 9 aromatic rings. The van der Waals surface area contributed by atoms with Gasteiger partial charge in [-0.05, 0) is 153 Å². The average Bonchev–Trinajstić information content (AvgIpc) is 3.78. The summed E-state index contributed by atoms with van der Waals surface area (Å²) in [5.74, 6) is 2.28. The highest BCUT2D eigenvalue weighted by Gasteiger charge is 2.42. The Morgan fingerprint density at radius 3 is 1.23 bits per heavy atom. The maximum atomic E-state index is 2.70. The van der Waals surface area contributed by atoms with E-state index in [2.05, 4.69) is 215 Å². The van der Waals surface area contributed by atoms with Gasteiger partial charge in [0, 0.05) is 44.0 Å². The second-order valence-electron chi connectivity index (χ2n) is 22.2. The third kappa shape index (κ3) is 6.15. The summed E-state index contributed by atoms with van der Waals surface area (Å²) in [7, 11) is 0. The van der Waals surface area contributed by atoms with Crippen LogP contribution in [0.25, 0.3) is 55.0 Å². The maximum Gasteiger partial charge on any atom is 0.247 e. The molecule has 0 saturated heterocycles. The zero-order valence-corrected chi connectivity index (χ0v) is 41.9. The number of rotatable bonds is 8. The molecule has 4 heterocycles. The van der Waals surface area contributed by atoms with Gasteiger partial charge in [0.2, 0.25) is 13.4 Å². The molecule has 2 nitrogen and oxygen atoms in total. The van der Waals surface area contributed by atoms with E-state index in [1.165, 1.54) is 132 Å². The molecule has 11 rings (SSSR count). The van der Waals surface area contributed by atoms with Gasteiger partial charge in [0.05, 0.1) is 11.0 Å². The van der Waals surface area contributed by atoms with Crippen molar-refractivity contribution in [2.45, 2.75) is 132 Å². The quantitative estimate of drug-likeness (QED) is 0.135. The summed E-state index contributed by atoms with van der Waals surface area (Å²) in [5, 5.41) is 5.45. The highest BCUT2D eigenvalue weighted by molar-refractivity contribution is 7.00. The summed E-state index contributed by atoms with van der Waals surface area (Å²) in [6.45, 7) is 33.2. The van der Waals surface area contributed by atoms with Gasteiger partial charge >= 0.3 is 0 Å². The molecule has 0 aliphatic carbocycles. The van der Waals surface area contributed by atoms with Crippen LogP contribution in [0.15, 0.2) is 109 Å². The summed E-state index contributed by atoms with van der Waals surface area (Å²) in [6, 6.07) is 44.4. The lowest BCUT2D eigenvalue weighted by atomic mass is 9.31. The van der Waals surface area contributed by atoms with Crippen LogP contribution in [0.5, 0.6) is 0 Å². The second kappa shape index (κ2) is 15.4. The van der Waals surface area contributed by atoms with E-state index in [0.29, 0.717) is 35.5 Å². The molecule has 0 saturated carbocycles. The number of hydrogen-bond donors (Lipinski definition) is 0. The number of aryl methyl sites for hydroxylation is 2. The summed E-state index contributed by atoms with van der Waals surface area (Å²) in [6.07, 6.45) is 0. The Morgan fingerprint density at radius 2 is 0.758 bits per heavy atom. The van der Waals surface area contributed by atoms with Gasteiger partial charge in [-0.25, -0.2) is 0 Å². The number of aromatic nitrogens is 2. The number of benzene rings is 7. The predicted molar refractivity (Wildman–Crippen MR) is 291 cm³/mol. The maximum absolute atomic E-state index is 2.70. The van der Waals surface area contributed by atoms with Crippen molar-refractivity contribution in [1.82, 2.24) is 9.13 Å². The Kier molecular flexibility index (Phi) is 10.0. The van der Waals surface area contributed by atoms with Crippen molar-refractivity contribution >= 4 is 89.8 Å². The molecule has 0 atom stereocenters. The van der Waals surface area contributed by atoms with Crippen molar-refractivity contribution in [2.24, 2.45) is 0 Å². The van der Waals surface area contributed by atoms with E-state index >= 15 is 0 Å². The van der Waals surface area contributed by atoms with Crippen molar-refractivity contribution in [2.75, 3.05) is 0 Å². The monoisotopic (exact) mass is 861 g/mol. The van der Waals surface area contributed by atoms with Crippen LogP contribution in [0.1, 0.15) is 163 Å². The standard InChI is InChI=1S/C62H66B2N2/c1-33(2)41-22-24-56-48(28-41)49-26-40(14)27-53-61(49)66(56)57-32-52-58(31-51(57)63(53)59-43(35(5)6)17-15-18-44(59)36(7)8)65-55-23-21-39(13)25-47(55)50-29-42(34(3)4)30-54(62(50)65)64(52)60-45(37(9)10)19-16-20-46(60)38(11)12/h15-38H,1-14H3. The molecule has 2 aliphatic heterocycles. The highest BCUT2D eigenvalue weighted by Crippen LogP contribution is 2.40. The third-order valence-electron chi connectivity index (χ3n) is 15.8. The van der Waals surface area contributed by atoms with Crippen LogP contribution in [-0.4, -0.2) is 22.6 Å². The van der Waals surface area contributed by atoms with Crippen LogP contribution >= 0.6 is 0 Å². The van der Waals surface area contributed by atoms with Crippen LogP contribution in [0.4, 0.5) is 0 Å². The first kappa shape index (κ1) is 42.9. The van der Waals surface area contributed by atoms with Gasteiger partial charge in [-0.3, -0.25) is 0 Å². The van der Waals surface area contributed by atoms with Crippen LogP contribution < -0.4 is 32.8 Å². The molecule has 0 radical (unpaired) electrons. The van der Waals surface area contributed by atoms with Crippen molar-refractivity contribution in [3.05, 3.63) is 154 Å². The van der Waals surface area contributed by atoms with Crippen LogP contribution in [0, 0.1) is 13.8 Å². The SMILES string of the molecule is Cc1ccc2c(c1)c1cc(C(C)C)cc3c1n2-c1cc2c(cc1B3c1c(C(C)C)cccc1C(C)C)-n1c3ccc(C(C)C)cc3c3cc(C)cc(c31)B2c1c(C(C)C)cccc1C(C)C. The number of fused-ring (bicyclic) bond motifs is 10. The zero-order valence-electron chi connectivity index (χ0n) is 41.9. The van der Waals surface area contributed by atoms with E-state index in [0.717, 1.165) is 0 Å². The fraction of sp³-hybridized carbons (Fsp3) is 0.323. The summed E-state index contributed by atoms with van der Waals surface area (Å²) in [5.41, 5.74) is 27.9. The molecule has 2 aromatic heterocycles. The lowest BCUT2D eigenvalue weighted by Gasteiger charge is -2.36. The summed E-state index contributed by atoms with van der Waals surface area (Å²) >= 11 is 0. The molecule has 0 spiro atoms. The summed E-state index contributed by atoms with van der Waals surface area (Å²) in [4.78, 5) is 0. The first-order valence-electron chi connectivity index (χ1n) is 25.2. The highest BCUT2D eigenvalue weighted by atomic mass is 15.0. The smallest absolute Gasteiger partial charge is 0.247 e. The summed E-state index contributed by atoms with van der Waals surface area (Å²) < 4.78 is 5.39. The topological polar surface area (TPSA) is 9.86 Å². The fourth-order valence-corrected chi connectivity index (χ4v) is 12.6. The van der Waals surface area contributed by atoms with Crippen molar-refractivity contribution in [3.63, 3.8) is 0 Å². The minimum Gasteiger partial charge on any atom is -0.310 e. The van der Waals surface area contributed by atoms with Crippen molar-refractivity contribution in [3.8, 4) is 11.4 Å². The van der Waals surface area contributed by atoms with E-state index in [1.807, 2.05) is 0 Å². The Morgan fingerprint density at radius 1 is 0.348 bits per heavy atom. The van der Waals surface area contributed by atoms with Gasteiger partial charge in [0.1, 0.15) is 0 Å². The largest absolute Gasteiger partial charge is 0.310 e. The van der Waals surface area contributed by atoms with Crippen LogP contribution in [0.3, 0.4) is 0 Å². The lowest BCUT2D eigenvalue weighted by Crippen LogP contribution is -2.61. The molecule has 0 amide bonds. The van der Waals surface area contributed by atoms with Gasteiger partial charge in [-0.15, -0.1) is 0 Å². The van der Waals surface area contributed by atoms with E-state index in [1.54, 1.807) is 0 Å². The second-order valence-corrected chi connectivity index (χ2v) is 22.2. The Balaban J connectivity index is 1.39. The van der Waals surface area contributed by atoms with Gasteiger partial charge in [0.25, 0.3) is 0 Å². The van der Waals surface area contributed by atoms with E-state index in [-0.39, 0.29) is 13.4 Å². The molecule has 66 heavy (non-hydrogen) atoms. The molecule has 7 aromatic carbocycles. The fourth-order valence-electron chi connectivity index (χ4n) is 12.6. The number of nitrogens with zero attached hydrogens (tertiary/aromatic N) is 2. The Labute approximate surface area is 394 Å². The molecule has 4 heteroatoms. The molecular formula is C62H66B2N2. The average molecular weight is 861 g/mol. The molecule has 2 aliphatic rings. The molecule has 0 fully saturated rings. The van der Waals surface area contributed by atoms with Gasteiger partial charge < -0.3 is 9.13 Å². The Bertz CT molecular complexity index is 3420. The Hall–Kier alpha value is -5.73. The van der Waals surface area contributed by atoms with Gasteiger partial charge in [-0.2, -0.15) is 0 Å². The van der Waals surface area contributed by atoms with E-state index in [9.17, 15) is 0 Å². The van der Waals surface area contributed by atoms with Gasteiger partial charge in [-0.1, -0.05) is 166 Å². The first-order chi connectivity index (χ1) is 31.5.